The van der Waals surface area contributed by atoms with Crippen LogP contribution in [-0.4, -0.2) is 17.0 Å². The molecule has 1 fully saturated rings. The number of amidine groups is 1. The van der Waals surface area contributed by atoms with Crippen molar-refractivity contribution in [3.05, 3.63) is 35.1 Å². The van der Waals surface area contributed by atoms with Gasteiger partial charge in [0.15, 0.2) is 5.17 Å². The summed E-state index contributed by atoms with van der Waals surface area (Å²) in [7, 11) is 0. The van der Waals surface area contributed by atoms with E-state index in [1.807, 2.05) is 23.9 Å². The van der Waals surface area contributed by atoms with Gasteiger partial charge >= 0.3 is 0 Å². The van der Waals surface area contributed by atoms with Gasteiger partial charge in [0.1, 0.15) is 5.82 Å². The molecule has 0 aromatic heterocycles. The second-order valence-electron chi connectivity index (χ2n) is 5.51. The highest BCUT2D eigenvalue weighted by molar-refractivity contribution is 8.14. The Labute approximate surface area is 117 Å². The second-order valence-corrected chi connectivity index (χ2v) is 6.74. The highest BCUT2D eigenvalue weighted by Crippen LogP contribution is 2.41. The third-order valence-corrected chi connectivity index (χ3v) is 5.17. The normalized spacial score (nSPS) is 24.2. The highest BCUT2D eigenvalue weighted by atomic mass is 32.2. The number of halogens is 1. The monoisotopic (exact) mass is 278 g/mol. The van der Waals surface area contributed by atoms with Crippen LogP contribution in [0, 0.1) is 18.7 Å². The van der Waals surface area contributed by atoms with Crippen LogP contribution in [-0.2, 0) is 0 Å². The van der Waals surface area contributed by atoms with Crippen LogP contribution in [0.3, 0.4) is 0 Å². The lowest BCUT2D eigenvalue weighted by atomic mass is 10.1. The molecule has 1 aliphatic carbocycles. The number of aliphatic imine (C=N–C) groups is 1. The zero-order chi connectivity index (χ0) is 13.4. The largest absolute Gasteiger partial charge is 0.358 e. The van der Waals surface area contributed by atoms with Crippen molar-refractivity contribution in [1.82, 2.24) is 5.32 Å². The maximum absolute atomic E-state index is 13.6. The van der Waals surface area contributed by atoms with Crippen LogP contribution < -0.4 is 5.32 Å². The molecule has 2 atom stereocenters. The Balaban J connectivity index is 1.61. The van der Waals surface area contributed by atoms with E-state index in [4.69, 9.17) is 0 Å². The zero-order valence-corrected chi connectivity index (χ0v) is 12.1. The Bertz CT molecular complexity index is 511. The number of hydrogen-bond donors (Lipinski definition) is 1. The number of nitrogens with one attached hydrogen (secondary N) is 1. The van der Waals surface area contributed by atoms with Crippen molar-refractivity contribution >= 4 is 16.9 Å². The van der Waals surface area contributed by atoms with Gasteiger partial charge in [0.05, 0.1) is 12.6 Å². The maximum atomic E-state index is 13.6. The van der Waals surface area contributed by atoms with Crippen LogP contribution in [0.2, 0.25) is 0 Å². The van der Waals surface area contributed by atoms with Crippen molar-refractivity contribution in [2.45, 2.75) is 38.0 Å². The lowest BCUT2D eigenvalue weighted by Crippen LogP contribution is -2.23. The van der Waals surface area contributed by atoms with E-state index in [-0.39, 0.29) is 11.9 Å². The Morgan fingerprint density at radius 1 is 1.42 bits per heavy atom. The van der Waals surface area contributed by atoms with Crippen molar-refractivity contribution in [1.29, 1.82) is 0 Å². The number of aryl methyl sites for hydroxylation is 1. The van der Waals surface area contributed by atoms with E-state index in [1.54, 1.807) is 13.0 Å². The molecule has 2 aliphatic rings. The molecular formula is C15H19FN2S. The first-order chi connectivity index (χ1) is 9.13. The molecular weight excluding hydrogens is 259 g/mol. The molecule has 2 nitrogen and oxygen atoms in total. The predicted octanol–water partition coefficient (Wildman–Crippen LogP) is 3.67. The SMILES string of the molecule is Cc1ccc(C(C)NC2=NCC(C3CC3)S2)cc1F. The molecule has 1 aromatic rings. The van der Waals surface area contributed by atoms with Crippen LogP contribution in [0.15, 0.2) is 23.2 Å². The van der Waals surface area contributed by atoms with Crippen molar-refractivity contribution < 1.29 is 4.39 Å². The average molecular weight is 278 g/mol. The fraction of sp³-hybridized carbons (Fsp3) is 0.533. The van der Waals surface area contributed by atoms with Crippen molar-refractivity contribution in [2.24, 2.45) is 10.9 Å². The van der Waals surface area contributed by atoms with Crippen LogP contribution >= 0.6 is 11.8 Å². The fourth-order valence-electron chi connectivity index (χ4n) is 2.33. The summed E-state index contributed by atoms with van der Waals surface area (Å²) in [4.78, 5) is 4.56. The number of benzene rings is 1. The van der Waals surface area contributed by atoms with Gasteiger partial charge in [0.2, 0.25) is 0 Å². The van der Waals surface area contributed by atoms with E-state index in [0.717, 1.165) is 23.2 Å². The molecule has 0 saturated heterocycles. The molecule has 1 saturated carbocycles. The van der Waals surface area contributed by atoms with E-state index in [0.29, 0.717) is 10.8 Å². The van der Waals surface area contributed by atoms with Gasteiger partial charge in [-0.25, -0.2) is 4.39 Å². The maximum Gasteiger partial charge on any atom is 0.157 e. The van der Waals surface area contributed by atoms with Gasteiger partial charge in [-0.1, -0.05) is 23.9 Å². The third kappa shape index (κ3) is 2.94. The van der Waals surface area contributed by atoms with E-state index in [2.05, 4.69) is 17.2 Å². The van der Waals surface area contributed by atoms with Gasteiger partial charge in [-0.2, -0.15) is 0 Å². The predicted molar refractivity (Wildman–Crippen MR) is 79.1 cm³/mol. The Morgan fingerprint density at radius 2 is 2.21 bits per heavy atom. The summed E-state index contributed by atoms with van der Waals surface area (Å²) in [5.74, 6) is 0.739. The number of rotatable bonds is 3. The Morgan fingerprint density at radius 3 is 2.89 bits per heavy atom. The van der Waals surface area contributed by atoms with Crippen LogP contribution in [0.4, 0.5) is 4.39 Å². The molecule has 0 amide bonds. The number of nitrogens with zero attached hydrogens (tertiary/aromatic N) is 1. The van der Waals surface area contributed by atoms with Gasteiger partial charge in [-0.05, 0) is 49.8 Å². The van der Waals surface area contributed by atoms with Crippen molar-refractivity contribution in [2.75, 3.05) is 6.54 Å². The molecule has 1 aliphatic heterocycles. The minimum Gasteiger partial charge on any atom is -0.358 e. The summed E-state index contributed by atoms with van der Waals surface area (Å²) in [6.45, 7) is 4.78. The first-order valence-corrected chi connectivity index (χ1v) is 7.75. The van der Waals surface area contributed by atoms with E-state index >= 15 is 0 Å². The lowest BCUT2D eigenvalue weighted by Gasteiger charge is -2.16. The number of thioether (sulfide) groups is 1. The van der Waals surface area contributed by atoms with Gasteiger partial charge < -0.3 is 5.32 Å². The summed E-state index contributed by atoms with van der Waals surface area (Å²) < 4.78 is 13.6. The van der Waals surface area contributed by atoms with Gasteiger partial charge in [-0.3, -0.25) is 4.99 Å². The molecule has 1 N–H and O–H groups in total. The quantitative estimate of drug-likeness (QED) is 0.912. The second kappa shape index (κ2) is 5.16. The Hall–Kier alpha value is -1.03. The smallest absolute Gasteiger partial charge is 0.157 e. The van der Waals surface area contributed by atoms with E-state index in [9.17, 15) is 4.39 Å². The third-order valence-electron chi connectivity index (χ3n) is 3.86. The van der Waals surface area contributed by atoms with E-state index in [1.165, 1.54) is 12.8 Å². The molecule has 4 heteroatoms. The fourth-order valence-corrected chi connectivity index (χ4v) is 3.63. The van der Waals surface area contributed by atoms with E-state index < -0.39 is 0 Å². The Kier molecular flexibility index (Phi) is 3.52. The highest BCUT2D eigenvalue weighted by Gasteiger charge is 2.35. The number of hydrogen-bond acceptors (Lipinski definition) is 3. The minimum atomic E-state index is -0.136. The minimum absolute atomic E-state index is 0.0966. The van der Waals surface area contributed by atoms with Gasteiger partial charge in [-0.15, -0.1) is 0 Å². The van der Waals surface area contributed by atoms with Crippen LogP contribution in [0.1, 0.15) is 36.9 Å². The molecule has 1 heterocycles. The first kappa shape index (κ1) is 13.0. The lowest BCUT2D eigenvalue weighted by molar-refractivity contribution is 0.609. The van der Waals surface area contributed by atoms with Crippen LogP contribution in [0.25, 0.3) is 0 Å². The standard InChI is InChI=1S/C15H19FN2S/c1-9-3-4-12(7-13(9)16)10(2)18-15-17-8-14(19-15)11-5-6-11/h3-4,7,10-11,14H,5-6,8H2,1-2H3,(H,17,18). The van der Waals surface area contributed by atoms with Crippen molar-refractivity contribution in [3.8, 4) is 0 Å². The molecule has 0 radical (unpaired) electrons. The summed E-state index contributed by atoms with van der Waals surface area (Å²) in [5.41, 5.74) is 1.67. The average Bonchev–Trinajstić information content (AvgIpc) is 3.14. The molecule has 3 rings (SSSR count). The molecule has 0 bridgehead atoms. The van der Waals surface area contributed by atoms with Gasteiger partial charge in [0.25, 0.3) is 0 Å². The first-order valence-electron chi connectivity index (χ1n) is 6.87. The molecule has 102 valence electrons. The van der Waals surface area contributed by atoms with Gasteiger partial charge in [0, 0.05) is 5.25 Å². The molecule has 19 heavy (non-hydrogen) atoms. The molecule has 0 spiro atoms. The summed E-state index contributed by atoms with van der Waals surface area (Å²) in [5, 5.41) is 5.09. The van der Waals surface area contributed by atoms with Crippen molar-refractivity contribution in [3.63, 3.8) is 0 Å². The summed E-state index contributed by atoms with van der Waals surface area (Å²) in [6.07, 6.45) is 2.72. The van der Waals surface area contributed by atoms with Crippen LogP contribution in [0.5, 0.6) is 0 Å². The topological polar surface area (TPSA) is 24.4 Å². The zero-order valence-electron chi connectivity index (χ0n) is 11.3. The summed E-state index contributed by atoms with van der Waals surface area (Å²) in [6, 6.07) is 5.53. The molecule has 1 aromatic carbocycles. The summed E-state index contributed by atoms with van der Waals surface area (Å²) >= 11 is 1.86. The molecule has 2 unspecified atom stereocenters.